The lowest BCUT2D eigenvalue weighted by Gasteiger charge is -2.27. The van der Waals surface area contributed by atoms with Crippen LogP contribution in [0.1, 0.15) is 38.7 Å². The molecule has 0 saturated heterocycles. The Hall–Kier alpha value is -0.430. The van der Waals surface area contributed by atoms with Crippen molar-refractivity contribution in [3.63, 3.8) is 0 Å². The van der Waals surface area contributed by atoms with E-state index in [1.165, 1.54) is 12.0 Å². The number of thiol groups is 1. The molecule has 72 valence electrons. The molecule has 1 aromatic rings. The predicted molar refractivity (Wildman–Crippen MR) is 62.3 cm³/mol. The van der Waals surface area contributed by atoms with Crippen LogP contribution in [-0.4, -0.2) is 0 Å². The van der Waals surface area contributed by atoms with E-state index in [4.69, 9.17) is 12.6 Å². The van der Waals surface area contributed by atoms with Gasteiger partial charge in [-0.1, -0.05) is 50.6 Å². The summed E-state index contributed by atoms with van der Waals surface area (Å²) in [4.78, 5) is 0. The largest absolute Gasteiger partial charge is 0.168 e. The van der Waals surface area contributed by atoms with Crippen molar-refractivity contribution in [3.8, 4) is 0 Å². The Kier molecular flexibility index (Phi) is 3.86. The Morgan fingerprint density at radius 2 is 1.77 bits per heavy atom. The Morgan fingerprint density at radius 1 is 1.15 bits per heavy atom. The molecule has 0 N–H and O–H groups in total. The summed E-state index contributed by atoms with van der Waals surface area (Å²) in [6.07, 6.45) is 3.43. The highest BCUT2D eigenvalue weighted by Gasteiger charge is 2.23. The van der Waals surface area contributed by atoms with Gasteiger partial charge in [-0.05, 0) is 18.4 Å². The molecule has 0 nitrogen and oxygen atoms in total. The first-order valence-electron chi connectivity index (χ1n) is 5.01. The van der Waals surface area contributed by atoms with Crippen molar-refractivity contribution in [2.45, 2.75) is 37.9 Å². The SMILES string of the molecule is CCCC(S)(CC)c1ccccc1. The van der Waals surface area contributed by atoms with E-state index in [-0.39, 0.29) is 4.75 Å². The van der Waals surface area contributed by atoms with Crippen molar-refractivity contribution in [1.82, 2.24) is 0 Å². The van der Waals surface area contributed by atoms with Gasteiger partial charge in [0.2, 0.25) is 0 Å². The van der Waals surface area contributed by atoms with Crippen molar-refractivity contribution in [3.05, 3.63) is 35.9 Å². The van der Waals surface area contributed by atoms with Gasteiger partial charge in [-0.3, -0.25) is 0 Å². The van der Waals surface area contributed by atoms with E-state index in [1.54, 1.807) is 0 Å². The molecule has 0 fully saturated rings. The molecule has 0 amide bonds. The van der Waals surface area contributed by atoms with E-state index in [9.17, 15) is 0 Å². The van der Waals surface area contributed by atoms with E-state index in [0.717, 1.165) is 12.8 Å². The molecular weight excluding hydrogens is 176 g/mol. The average Bonchev–Trinajstić information content (AvgIpc) is 2.19. The summed E-state index contributed by atoms with van der Waals surface area (Å²) >= 11 is 4.79. The van der Waals surface area contributed by atoms with E-state index < -0.39 is 0 Å². The number of benzene rings is 1. The van der Waals surface area contributed by atoms with Gasteiger partial charge < -0.3 is 0 Å². The van der Waals surface area contributed by atoms with E-state index in [1.807, 2.05) is 0 Å². The van der Waals surface area contributed by atoms with Crippen molar-refractivity contribution < 1.29 is 0 Å². The maximum absolute atomic E-state index is 4.79. The maximum atomic E-state index is 4.79. The zero-order valence-corrected chi connectivity index (χ0v) is 9.35. The van der Waals surface area contributed by atoms with Gasteiger partial charge >= 0.3 is 0 Å². The third kappa shape index (κ3) is 2.50. The topological polar surface area (TPSA) is 0 Å². The molecule has 0 aliphatic carbocycles. The molecule has 0 aliphatic heterocycles. The molecule has 0 aromatic heterocycles. The highest BCUT2D eigenvalue weighted by atomic mass is 32.1. The van der Waals surface area contributed by atoms with Crippen LogP contribution in [0.15, 0.2) is 30.3 Å². The minimum absolute atomic E-state index is 0.0794. The van der Waals surface area contributed by atoms with E-state index in [0.29, 0.717) is 0 Å². The predicted octanol–water partition coefficient (Wildman–Crippen LogP) is 4.02. The van der Waals surface area contributed by atoms with Crippen LogP contribution < -0.4 is 0 Å². The van der Waals surface area contributed by atoms with Crippen LogP contribution in [0, 0.1) is 0 Å². The summed E-state index contributed by atoms with van der Waals surface area (Å²) in [5, 5.41) is 0. The first-order valence-corrected chi connectivity index (χ1v) is 5.45. The fraction of sp³-hybridized carbons (Fsp3) is 0.500. The smallest absolute Gasteiger partial charge is 0.0375 e. The molecule has 0 saturated carbocycles. The third-order valence-corrected chi connectivity index (χ3v) is 3.36. The molecule has 0 spiro atoms. The van der Waals surface area contributed by atoms with Gasteiger partial charge in [0.05, 0.1) is 0 Å². The number of hydrogen-bond donors (Lipinski definition) is 1. The molecule has 0 aliphatic rings. The van der Waals surface area contributed by atoms with Gasteiger partial charge in [0.15, 0.2) is 0 Å². The Bertz CT molecular complexity index is 243. The Morgan fingerprint density at radius 3 is 2.23 bits per heavy atom. The average molecular weight is 194 g/mol. The minimum Gasteiger partial charge on any atom is -0.168 e. The minimum atomic E-state index is 0.0794. The third-order valence-electron chi connectivity index (χ3n) is 2.56. The molecule has 0 radical (unpaired) electrons. The normalized spacial score (nSPS) is 15.3. The second-order valence-corrected chi connectivity index (χ2v) is 4.36. The van der Waals surface area contributed by atoms with E-state index in [2.05, 4.69) is 44.2 Å². The van der Waals surface area contributed by atoms with Gasteiger partial charge in [-0.25, -0.2) is 0 Å². The highest BCUT2D eigenvalue weighted by molar-refractivity contribution is 7.81. The van der Waals surface area contributed by atoms with Crippen LogP contribution in [-0.2, 0) is 4.75 Å². The Balaban J connectivity index is 2.89. The van der Waals surface area contributed by atoms with E-state index >= 15 is 0 Å². The fourth-order valence-electron chi connectivity index (χ4n) is 1.69. The number of hydrogen-bond acceptors (Lipinski definition) is 1. The van der Waals surface area contributed by atoms with Crippen molar-refractivity contribution in [1.29, 1.82) is 0 Å². The molecule has 0 bridgehead atoms. The van der Waals surface area contributed by atoms with Gasteiger partial charge in [0.25, 0.3) is 0 Å². The summed E-state index contributed by atoms with van der Waals surface area (Å²) in [5.74, 6) is 0. The molecule has 0 heterocycles. The van der Waals surface area contributed by atoms with Crippen LogP contribution in [0.2, 0.25) is 0 Å². The second-order valence-electron chi connectivity index (χ2n) is 3.50. The first kappa shape index (κ1) is 10.6. The van der Waals surface area contributed by atoms with Crippen molar-refractivity contribution >= 4 is 12.6 Å². The zero-order valence-electron chi connectivity index (χ0n) is 8.46. The van der Waals surface area contributed by atoms with Crippen LogP contribution in [0.25, 0.3) is 0 Å². The molecule has 1 atom stereocenters. The lowest BCUT2D eigenvalue weighted by Crippen LogP contribution is -2.16. The van der Waals surface area contributed by atoms with Gasteiger partial charge in [0.1, 0.15) is 0 Å². The summed E-state index contributed by atoms with van der Waals surface area (Å²) in [6.45, 7) is 4.42. The lowest BCUT2D eigenvalue weighted by atomic mass is 9.91. The second kappa shape index (κ2) is 4.71. The summed E-state index contributed by atoms with van der Waals surface area (Å²) < 4.78 is 0.0794. The molecule has 1 aromatic carbocycles. The molecular formula is C12H18S. The van der Waals surface area contributed by atoms with Gasteiger partial charge in [-0.2, -0.15) is 12.6 Å². The zero-order chi connectivity index (χ0) is 9.73. The van der Waals surface area contributed by atoms with Crippen molar-refractivity contribution in [2.75, 3.05) is 0 Å². The standard InChI is InChI=1S/C12H18S/c1-3-10-12(13,4-2)11-8-6-5-7-9-11/h5-9,13H,3-4,10H2,1-2H3. The molecule has 1 rings (SSSR count). The van der Waals surface area contributed by atoms with Gasteiger partial charge in [-0.15, -0.1) is 0 Å². The Labute approximate surface area is 86.8 Å². The van der Waals surface area contributed by atoms with Gasteiger partial charge in [0, 0.05) is 4.75 Å². The van der Waals surface area contributed by atoms with Crippen LogP contribution in [0.3, 0.4) is 0 Å². The molecule has 1 unspecified atom stereocenters. The fourth-order valence-corrected chi connectivity index (χ4v) is 2.06. The molecule has 13 heavy (non-hydrogen) atoms. The summed E-state index contributed by atoms with van der Waals surface area (Å²) in [5.41, 5.74) is 1.35. The number of rotatable bonds is 4. The first-order chi connectivity index (χ1) is 6.23. The van der Waals surface area contributed by atoms with Crippen LogP contribution in [0.5, 0.6) is 0 Å². The summed E-state index contributed by atoms with van der Waals surface area (Å²) in [7, 11) is 0. The lowest BCUT2D eigenvalue weighted by molar-refractivity contribution is 0.545. The maximum Gasteiger partial charge on any atom is 0.0375 e. The molecule has 1 heteroatoms. The summed E-state index contributed by atoms with van der Waals surface area (Å²) in [6, 6.07) is 10.6. The highest BCUT2D eigenvalue weighted by Crippen LogP contribution is 2.36. The van der Waals surface area contributed by atoms with Crippen molar-refractivity contribution in [2.24, 2.45) is 0 Å². The monoisotopic (exact) mass is 194 g/mol. The van der Waals surface area contributed by atoms with Crippen LogP contribution >= 0.6 is 12.6 Å². The van der Waals surface area contributed by atoms with Crippen LogP contribution in [0.4, 0.5) is 0 Å². The quantitative estimate of drug-likeness (QED) is 0.688.